The van der Waals surface area contributed by atoms with Crippen molar-refractivity contribution in [1.82, 2.24) is 9.97 Å². The second-order valence-corrected chi connectivity index (χ2v) is 6.19. The quantitative estimate of drug-likeness (QED) is 0.479. The van der Waals surface area contributed by atoms with Crippen molar-refractivity contribution in [3.8, 4) is 0 Å². The minimum atomic E-state index is 0.270. The number of benzene rings is 3. The van der Waals surface area contributed by atoms with Gasteiger partial charge in [-0.05, 0) is 36.1 Å². The maximum absolute atomic E-state index is 4.53. The van der Waals surface area contributed by atoms with Crippen molar-refractivity contribution in [3.63, 3.8) is 0 Å². The lowest BCUT2D eigenvalue weighted by Crippen LogP contribution is -2.26. The number of anilines is 2. The molecule has 24 heavy (non-hydrogen) atoms. The summed E-state index contributed by atoms with van der Waals surface area (Å²) in [7, 11) is 0. The van der Waals surface area contributed by atoms with E-state index in [1.165, 1.54) is 27.2 Å². The van der Waals surface area contributed by atoms with E-state index < -0.39 is 0 Å². The highest BCUT2D eigenvalue weighted by atomic mass is 15.2. The van der Waals surface area contributed by atoms with Crippen molar-refractivity contribution in [1.29, 1.82) is 0 Å². The molecule has 1 aromatic heterocycles. The number of fused-ring (bicyclic) bond motifs is 3. The summed E-state index contributed by atoms with van der Waals surface area (Å²) in [6, 6.07) is 19.6. The molecule has 0 atom stereocenters. The summed E-state index contributed by atoms with van der Waals surface area (Å²) >= 11 is 0. The zero-order chi connectivity index (χ0) is 16.5. The SMILES string of the molecule is CC(C)N(c1cnccn1)c1cc2ccccc2c2ccccc12. The number of hydrogen-bond donors (Lipinski definition) is 0. The zero-order valence-corrected chi connectivity index (χ0v) is 13.8. The van der Waals surface area contributed by atoms with Gasteiger partial charge in [0.05, 0.1) is 11.9 Å². The monoisotopic (exact) mass is 313 g/mol. The number of aromatic nitrogens is 2. The molecule has 3 nitrogen and oxygen atoms in total. The standard InChI is InChI=1S/C21H19N3/c1-15(2)24(21-14-22-11-12-23-21)20-13-16-7-3-4-8-17(16)18-9-5-6-10-19(18)20/h3-15H,1-2H3. The minimum absolute atomic E-state index is 0.270. The van der Waals surface area contributed by atoms with Gasteiger partial charge in [0, 0.05) is 23.8 Å². The molecule has 0 saturated heterocycles. The molecule has 3 aromatic carbocycles. The van der Waals surface area contributed by atoms with E-state index in [9.17, 15) is 0 Å². The summed E-state index contributed by atoms with van der Waals surface area (Å²) in [5.41, 5.74) is 1.17. The lowest BCUT2D eigenvalue weighted by molar-refractivity contribution is 0.777. The Kier molecular flexibility index (Phi) is 3.62. The van der Waals surface area contributed by atoms with Gasteiger partial charge in [0.1, 0.15) is 0 Å². The van der Waals surface area contributed by atoms with Crippen LogP contribution in [0, 0.1) is 0 Å². The smallest absolute Gasteiger partial charge is 0.151 e. The first-order valence-corrected chi connectivity index (χ1v) is 8.21. The van der Waals surface area contributed by atoms with E-state index in [1.54, 1.807) is 12.4 Å². The minimum Gasteiger partial charge on any atom is -0.322 e. The Balaban J connectivity index is 2.07. The van der Waals surface area contributed by atoms with Gasteiger partial charge in [-0.3, -0.25) is 4.98 Å². The van der Waals surface area contributed by atoms with Crippen LogP contribution in [-0.2, 0) is 0 Å². The van der Waals surface area contributed by atoms with Gasteiger partial charge in [0.15, 0.2) is 5.82 Å². The van der Waals surface area contributed by atoms with Crippen LogP contribution in [0.15, 0.2) is 73.2 Å². The molecule has 0 aliphatic carbocycles. The summed E-state index contributed by atoms with van der Waals surface area (Å²) in [6.45, 7) is 4.36. The van der Waals surface area contributed by atoms with Gasteiger partial charge in [-0.15, -0.1) is 0 Å². The fourth-order valence-electron chi connectivity index (χ4n) is 3.32. The van der Waals surface area contributed by atoms with Gasteiger partial charge in [0.2, 0.25) is 0 Å². The Morgan fingerprint density at radius 3 is 2.25 bits per heavy atom. The van der Waals surface area contributed by atoms with Crippen LogP contribution in [0.3, 0.4) is 0 Å². The van der Waals surface area contributed by atoms with Crippen LogP contribution >= 0.6 is 0 Å². The van der Waals surface area contributed by atoms with Crippen molar-refractivity contribution in [2.75, 3.05) is 4.90 Å². The molecule has 0 aliphatic heterocycles. The molecule has 0 amide bonds. The molecule has 0 N–H and O–H groups in total. The molecule has 4 rings (SSSR count). The molecule has 0 bridgehead atoms. The lowest BCUT2D eigenvalue weighted by Gasteiger charge is -2.29. The average molecular weight is 313 g/mol. The summed E-state index contributed by atoms with van der Waals surface area (Å²) in [5, 5.41) is 5.01. The summed E-state index contributed by atoms with van der Waals surface area (Å²) in [6.07, 6.45) is 5.28. The van der Waals surface area contributed by atoms with E-state index in [0.717, 1.165) is 5.82 Å². The highest BCUT2D eigenvalue weighted by molar-refractivity contribution is 6.13. The van der Waals surface area contributed by atoms with Crippen LogP contribution in [-0.4, -0.2) is 16.0 Å². The predicted molar refractivity (Wildman–Crippen MR) is 101 cm³/mol. The molecule has 0 saturated carbocycles. The molecule has 0 aliphatic rings. The molecule has 118 valence electrons. The molecule has 0 fully saturated rings. The number of rotatable bonds is 3. The van der Waals surface area contributed by atoms with Crippen LogP contribution < -0.4 is 4.90 Å². The van der Waals surface area contributed by atoms with Gasteiger partial charge in [-0.25, -0.2) is 4.98 Å². The highest BCUT2D eigenvalue weighted by Crippen LogP contribution is 2.37. The van der Waals surface area contributed by atoms with E-state index in [-0.39, 0.29) is 6.04 Å². The van der Waals surface area contributed by atoms with Crippen molar-refractivity contribution in [3.05, 3.63) is 73.2 Å². The summed E-state index contributed by atoms with van der Waals surface area (Å²) in [5.74, 6) is 0.868. The molecule has 0 radical (unpaired) electrons. The van der Waals surface area contributed by atoms with Crippen LogP contribution in [0.4, 0.5) is 11.5 Å². The van der Waals surface area contributed by atoms with Crippen molar-refractivity contribution in [2.24, 2.45) is 0 Å². The number of hydrogen-bond acceptors (Lipinski definition) is 3. The lowest BCUT2D eigenvalue weighted by atomic mass is 9.99. The predicted octanol–water partition coefficient (Wildman–Crippen LogP) is 5.33. The van der Waals surface area contributed by atoms with Gasteiger partial charge in [-0.2, -0.15) is 0 Å². The van der Waals surface area contributed by atoms with E-state index in [2.05, 4.69) is 83.3 Å². The van der Waals surface area contributed by atoms with Gasteiger partial charge >= 0.3 is 0 Å². The van der Waals surface area contributed by atoms with Crippen molar-refractivity contribution in [2.45, 2.75) is 19.9 Å². The third-order valence-corrected chi connectivity index (χ3v) is 4.32. The first-order valence-electron chi connectivity index (χ1n) is 8.21. The molecule has 1 heterocycles. The maximum Gasteiger partial charge on any atom is 0.151 e. The Labute approximate surface area is 141 Å². The third-order valence-electron chi connectivity index (χ3n) is 4.32. The van der Waals surface area contributed by atoms with Crippen LogP contribution in [0.5, 0.6) is 0 Å². The van der Waals surface area contributed by atoms with Crippen molar-refractivity contribution >= 4 is 33.1 Å². The largest absolute Gasteiger partial charge is 0.322 e. The van der Waals surface area contributed by atoms with Crippen LogP contribution in [0.25, 0.3) is 21.5 Å². The van der Waals surface area contributed by atoms with E-state index in [0.29, 0.717) is 0 Å². The molecule has 3 heteroatoms. The van der Waals surface area contributed by atoms with E-state index in [4.69, 9.17) is 0 Å². The fourth-order valence-corrected chi connectivity index (χ4v) is 3.32. The zero-order valence-electron chi connectivity index (χ0n) is 13.8. The normalized spacial score (nSPS) is 11.3. The summed E-state index contributed by atoms with van der Waals surface area (Å²) < 4.78 is 0. The maximum atomic E-state index is 4.53. The molecule has 4 aromatic rings. The van der Waals surface area contributed by atoms with E-state index in [1.807, 2.05) is 6.20 Å². The molecular formula is C21H19N3. The molecule has 0 unspecified atom stereocenters. The Morgan fingerprint density at radius 1 is 0.833 bits per heavy atom. The Hall–Kier alpha value is -2.94. The Bertz CT molecular complexity index is 993. The summed E-state index contributed by atoms with van der Waals surface area (Å²) in [4.78, 5) is 11.0. The van der Waals surface area contributed by atoms with Crippen molar-refractivity contribution < 1.29 is 0 Å². The van der Waals surface area contributed by atoms with Gasteiger partial charge in [0.25, 0.3) is 0 Å². The first-order chi connectivity index (χ1) is 11.8. The fraction of sp³-hybridized carbons (Fsp3) is 0.143. The van der Waals surface area contributed by atoms with Crippen LogP contribution in [0.1, 0.15) is 13.8 Å². The topological polar surface area (TPSA) is 29.0 Å². The molecular weight excluding hydrogens is 294 g/mol. The average Bonchev–Trinajstić information content (AvgIpc) is 2.63. The highest BCUT2D eigenvalue weighted by Gasteiger charge is 2.18. The number of nitrogens with zero attached hydrogens (tertiary/aromatic N) is 3. The van der Waals surface area contributed by atoms with E-state index >= 15 is 0 Å². The molecule has 0 spiro atoms. The second-order valence-electron chi connectivity index (χ2n) is 6.19. The first kappa shape index (κ1) is 14.6. The third kappa shape index (κ3) is 2.38. The Morgan fingerprint density at radius 2 is 1.54 bits per heavy atom. The van der Waals surface area contributed by atoms with Crippen LogP contribution in [0.2, 0.25) is 0 Å². The second kappa shape index (κ2) is 5.93. The van der Waals surface area contributed by atoms with Gasteiger partial charge in [-0.1, -0.05) is 48.5 Å². The van der Waals surface area contributed by atoms with Gasteiger partial charge < -0.3 is 4.90 Å².